The molecule has 2 N–H and O–H groups in total. The second kappa shape index (κ2) is 12.8. The molecule has 0 heterocycles. The lowest BCUT2D eigenvalue weighted by Crippen LogP contribution is -3.13. The van der Waals surface area contributed by atoms with Crippen LogP contribution < -0.4 is 14.7 Å². The molecule has 6 nitrogen and oxygen atoms in total. The molecule has 0 amide bonds. The van der Waals surface area contributed by atoms with Crippen LogP contribution in [0.25, 0.3) is 0 Å². The van der Waals surface area contributed by atoms with Crippen LogP contribution in [0.1, 0.15) is 58.8 Å². The van der Waals surface area contributed by atoms with Crippen LogP contribution in [0.2, 0.25) is 0 Å². The van der Waals surface area contributed by atoms with Gasteiger partial charge < -0.3 is 14.8 Å². The van der Waals surface area contributed by atoms with E-state index in [2.05, 4.69) is 11.6 Å². The molecule has 1 atom stereocenters. The van der Waals surface area contributed by atoms with E-state index < -0.39 is 16.0 Å². The molecule has 0 aromatic heterocycles. The molecule has 0 fully saturated rings. The first-order valence-electron chi connectivity index (χ1n) is 8.42. The first-order chi connectivity index (χ1) is 10.4. The van der Waals surface area contributed by atoms with Gasteiger partial charge in [-0.25, -0.2) is 13.1 Å². The summed E-state index contributed by atoms with van der Waals surface area (Å²) in [7, 11) is -3.19. The molecule has 0 saturated heterocycles. The van der Waals surface area contributed by atoms with Crippen molar-refractivity contribution in [3.05, 3.63) is 0 Å². The second-order valence-corrected chi connectivity index (χ2v) is 7.66. The smallest absolute Gasteiger partial charge is 0.211 e. The molecule has 0 radical (unpaired) electrons. The van der Waals surface area contributed by atoms with Gasteiger partial charge in [0.05, 0.1) is 24.8 Å². The van der Waals surface area contributed by atoms with E-state index in [1.54, 1.807) is 0 Å². The zero-order valence-corrected chi connectivity index (χ0v) is 14.8. The Balaban J connectivity index is 3.72. The fourth-order valence-electron chi connectivity index (χ4n) is 2.30. The maximum Gasteiger partial charge on any atom is 0.211 e. The minimum atomic E-state index is -3.19. The minimum absolute atomic E-state index is 0.0268. The SMILES string of the molecule is CCCCCCCCS(=O)(=O)NCCC[NH+](CC)CC(=O)[O-]. The largest absolute Gasteiger partial charge is 0.544 e. The number of carboxylic acids is 1. The van der Waals surface area contributed by atoms with E-state index in [0.717, 1.165) is 17.7 Å². The monoisotopic (exact) mass is 336 g/mol. The van der Waals surface area contributed by atoms with Crippen LogP contribution in [0.4, 0.5) is 0 Å². The molecule has 0 aliphatic carbocycles. The average molecular weight is 336 g/mol. The van der Waals surface area contributed by atoms with E-state index >= 15 is 0 Å². The predicted octanol–water partition coefficient (Wildman–Crippen LogP) is -0.689. The third-order valence-electron chi connectivity index (χ3n) is 3.69. The summed E-state index contributed by atoms with van der Waals surface area (Å²) in [4.78, 5) is 11.4. The van der Waals surface area contributed by atoms with Crippen LogP contribution in [-0.2, 0) is 14.8 Å². The molecule has 0 bridgehead atoms. The van der Waals surface area contributed by atoms with E-state index in [9.17, 15) is 18.3 Å². The highest BCUT2D eigenvalue weighted by Crippen LogP contribution is 2.05. The summed E-state index contributed by atoms with van der Waals surface area (Å²) in [5.41, 5.74) is 0. The maximum atomic E-state index is 11.8. The Morgan fingerprint density at radius 3 is 2.27 bits per heavy atom. The first-order valence-corrected chi connectivity index (χ1v) is 10.1. The Morgan fingerprint density at radius 2 is 1.68 bits per heavy atom. The highest BCUT2D eigenvalue weighted by Gasteiger charge is 2.10. The number of rotatable bonds is 15. The zero-order valence-electron chi connectivity index (χ0n) is 14.0. The summed E-state index contributed by atoms with van der Waals surface area (Å²) in [5.74, 6) is -0.886. The Morgan fingerprint density at radius 1 is 1.05 bits per heavy atom. The van der Waals surface area contributed by atoms with E-state index in [4.69, 9.17) is 0 Å². The predicted molar refractivity (Wildman–Crippen MR) is 86.0 cm³/mol. The molecule has 22 heavy (non-hydrogen) atoms. The third-order valence-corrected chi connectivity index (χ3v) is 5.16. The highest BCUT2D eigenvalue weighted by molar-refractivity contribution is 7.89. The van der Waals surface area contributed by atoms with Crippen LogP contribution >= 0.6 is 0 Å². The molecule has 0 aliphatic rings. The quantitative estimate of drug-likeness (QED) is 0.387. The lowest BCUT2D eigenvalue weighted by Gasteiger charge is -2.18. The van der Waals surface area contributed by atoms with Crippen molar-refractivity contribution in [2.75, 3.05) is 31.9 Å². The van der Waals surface area contributed by atoms with Crippen molar-refractivity contribution in [2.24, 2.45) is 0 Å². The minimum Gasteiger partial charge on any atom is -0.544 e. The molecule has 0 aromatic carbocycles. The molecule has 0 aliphatic heterocycles. The normalized spacial score (nSPS) is 13.2. The van der Waals surface area contributed by atoms with Crippen LogP contribution in [0.5, 0.6) is 0 Å². The third kappa shape index (κ3) is 13.0. The van der Waals surface area contributed by atoms with Crippen molar-refractivity contribution in [1.82, 2.24) is 4.72 Å². The van der Waals surface area contributed by atoms with Gasteiger partial charge in [-0.3, -0.25) is 0 Å². The van der Waals surface area contributed by atoms with Crippen molar-refractivity contribution >= 4 is 16.0 Å². The molecule has 7 heteroatoms. The summed E-state index contributed by atoms with van der Waals surface area (Å²) >= 11 is 0. The van der Waals surface area contributed by atoms with Crippen LogP contribution in [0, 0.1) is 0 Å². The average Bonchev–Trinajstić information content (AvgIpc) is 2.45. The first kappa shape index (κ1) is 21.3. The number of nitrogens with one attached hydrogen (secondary N) is 2. The topological polar surface area (TPSA) is 90.7 Å². The molecule has 1 unspecified atom stereocenters. The van der Waals surface area contributed by atoms with E-state index in [0.29, 0.717) is 32.5 Å². The van der Waals surface area contributed by atoms with Crippen molar-refractivity contribution in [3.8, 4) is 0 Å². The number of carbonyl (C=O) groups is 1. The highest BCUT2D eigenvalue weighted by atomic mass is 32.2. The number of unbranched alkanes of at least 4 members (excludes halogenated alkanes) is 5. The van der Waals surface area contributed by atoms with E-state index in [1.165, 1.54) is 19.3 Å². The van der Waals surface area contributed by atoms with Crippen molar-refractivity contribution in [3.63, 3.8) is 0 Å². The fourth-order valence-corrected chi connectivity index (χ4v) is 3.49. The van der Waals surface area contributed by atoms with Gasteiger partial charge in [-0.05, 0) is 13.3 Å². The Bertz CT molecular complexity index is 385. The van der Waals surface area contributed by atoms with Crippen LogP contribution in [0.3, 0.4) is 0 Å². The van der Waals surface area contributed by atoms with Crippen molar-refractivity contribution < 1.29 is 23.2 Å². The number of aliphatic carboxylic acids is 1. The molecule has 0 rings (SSSR count). The maximum absolute atomic E-state index is 11.8. The van der Waals surface area contributed by atoms with E-state index in [1.807, 2.05) is 6.92 Å². The van der Waals surface area contributed by atoms with Crippen LogP contribution in [0.15, 0.2) is 0 Å². The summed E-state index contributed by atoms with van der Waals surface area (Å²) in [6, 6.07) is 0. The number of sulfonamides is 1. The number of hydrogen-bond acceptors (Lipinski definition) is 4. The van der Waals surface area contributed by atoms with Gasteiger partial charge in [0.1, 0.15) is 6.54 Å². The van der Waals surface area contributed by atoms with Crippen LogP contribution in [-0.4, -0.2) is 46.3 Å². The van der Waals surface area contributed by atoms with Gasteiger partial charge in [0.2, 0.25) is 10.0 Å². The number of carboxylic acid groups (broad SMARTS) is 1. The lowest BCUT2D eigenvalue weighted by atomic mass is 10.1. The standard InChI is InChI=1S/C15H32N2O4S/c1-3-5-6-7-8-9-13-22(20,21)16-11-10-12-17(4-2)14-15(18)19/h16H,3-14H2,1-2H3,(H,18,19). The van der Waals surface area contributed by atoms with Gasteiger partial charge in [0.15, 0.2) is 0 Å². The molecular formula is C15H32N2O4S. The van der Waals surface area contributed by atoms with Gasteiger partial charge >= 0.3 is 0 Å². The van der Waals surface area contributed by atoms with Gasteiger partial charge in [-0.2, -0.15) is 0 Å². The van der Waals surface area contributed by atoms with Gasteiger partial charge in [0, 0.05) is 13.0 Å². The number of likely N-dealkylation sites (N-methyl/N-ethyl adjacent to an activating group) is 1. The molecular weight excluding hydrogens is 304 g/mol. The molecule has 0 aromatic rings. The molecule has 132 valence electrons. The summed E-state index contributed by atoms with van der Waals surface area (Å²) < 4.78 is 26.2. The fraction of sp³-hybridized carbons (Fsp3) is 0.933. The second-order valence-electron chi connectivity index (χ2n) is 5.74. The number of quaternary nitrogens is 1. The lowest BCUT2D eigenvalue weighted by molar-refractivity contribution is -0.892. The summed E-state index contributed by atoms with van der Waals surface area (Å²) in [5, 5.41) is 10.5. The van der Waals surface area contributed by atoms with Gasteiger partial charge in [0.25, 0.3) is 0 Å². The van der Waals surface area contributed by atoms with Gasteiger partial charge in [-0.1, -0.05) is 39.0 Å². The Hall–Kier alpha value is -0.660. The van der Waals surface area contributed by atoms with E-state index in [-0.39, 0.29) is 12.3 Å². The number of hydrogen-bond donors (Lipinski definition) is 2. The zero-order chi connectivity index (χ0) is 16.8. The Labute approximate surface area is 135 Å². The molecule has 0 spiro atoms. The van der Waals surface area contributed by atoms with Crippen molar-refractivity contribution in [2.45, 2.75) is 58.8 Å². The summed E-state index contributed by atoms with van der Waals surface area (Å²) in [6.07, 6.45) is 6.98. The summed E-state index contributed by atoms with van der Waals surface area (Å²) in [6.45, 7) is 5.72. The Kier molecular flexibility index (Phi) is 12.5. The van der Waals surface area contributed by atoms with Crippen molar-refractivity contribution in [1.29, 1.82) is 0 Å². The van der Waals surface area contributed by atoms with Gasteiger partial charge in [-0.15, -0.1) is 0 Å². The number of carbonyl (C=O) groups excluding carboxylic acids is 1. The molecule has 0 saturated carbocycles.